The summed E-state index contributed by atoms with van der Waals surface area (Å²) in [5.41, 5.74) is 5.88. The van der Waals surface area contributed by atoms with Crippen LogP contribution in [0.4, 0.5) is 0 Å². The van der Waals surface area contributed by atoms with E-state index < -0.39 is 0 Å². The van der Waals surface area contributed by atoms with Crippen LogP contribution in [0.15, 0.2) is 18.2 Å². The molecule has 0 saturated carbocycles. The lowest BCUT2D eigenvalue weighted by Gasteiger charge is -2.17. The Balaban J connectivity index is 2.98. The molecule has 0 aliphatic rings. The summed E-state index contributed by atoms with van der Waals surface area (Å²) in [5, 5.41) is 0.537. The topological polar surface area (TPSA) is 55.6 Å². The fraction of sp³-hybridized carbons (Fsp3) is 0.364. The molecule has 0 atom stereocenters. The molecule has 4 nitrogen and oxygen atoms in total. The van der Waals surface area contributed by atoms with E-state index in [4.69, 9.17) is 22.1 Å². The second-order valence-corrected chi connectivity index (χ2v) is 3.80. The van der Waals surface area contributed by atoms with Crippen molar-refractivity contribution in [2.45, 2.75) is 0 Å². The highest BCUT2D eigenvalue weighted by Gasteiger charge is 2.16. The Morgan fingerprint density at radius 3 is 2.81 bits per heavy atom. The number of hydrogen-bond donors (Lipinski definition) is 1. The van der Waals surface area contributed by atoms with E-state index in [9.17, 15) is 4.79 Å². The van der Waals surface area contributed by atoms with Gasteiger partial charge in [-0.15, -0.1) is 0 Å². The summed E-state index contributed by atoms with van der Waals surface area (Å²) in [4.78, 5) is 13.5. The third kappa shape index (κ3) is 2.87. The molecule has 16 heavy (non-hydrogen) atoms. The molecule has 1 aromatic rings. The van der Waals surface area contributed by atoms with Crippen LogP contribution < -0.4 is 10.5 Å². The zero-order valence-electron chi connectivity index (χ0n) is 9.37. The van der Waals surface area contributed by atoms with Crippen LogP contribution >= 0.6 is 11.6 Å². The second kappa shape index (κ2) is 5.72. The van der Waals surface area contributed by atoms with Gasteiger partial charge in [0.25, 0.3) is 5.91 Å². The number of carbonyl (C=O) groups is 1. The van der Waals surface area contributed by atoms with Gasteiger partial charge in [-0.3, -0.25) is 4.79 Å². The van der Waals surface area contributed by atoms with E-state index >= 15 is 0 Å². The summed E-state index contributed by atoms with van der Waals surface area (Å²) < 4.78 is 5.11. The largest absolute Gasteiger partial charge is 0.496 e. The Morgan fingerprint density at radius 1 is 1.56 bits per heavy atom. The van der Waals surface area contributed by atoms with E-state index in [1.54, 1.807) is 30.1 Å². The van der Waals surface area contributed by atoms with Gasteiger partial charge >= 0.3 is 0 Å². The molecule has 1 rings (SSSR count). The monoisotopic (exact) mass is 242 g/mol. The molecule has 0 heterocycles. The van der Waals surface area contributed by atoms with Crippen molar-refractivity contribution in [3.63, 3.8) is 0 Å². The Labute approximate surface area is 99.9 Å². The van der Waals surface area contributed by atoms with Gasteiger partial charge in [0.15, 0.2) is 0 Å². The third-order valence-electron chi connectivity index (χ3n) is 2.21. The van der Waals surface area contributed by atoms with E-state index in [1.165, 1.54) is 7.11 Å². The Kier molecular flexibility index (Phi) is 4.58. The maximum atomic E-state index is 12.0. The lowest BCUT2D eigenvalue weighted by molar-refractivity contribution is 0.0795. The SMILES string of the molecule is COc1cc(Cl)ccc1C(=O)N(C)CCN. The fourth-order valence-corrected chi connectivity index (χ4v) is 1.50. The molecule has 0 fully saturated rings. The van der Waals surface area contributed by atoms with E-state index in [-0.39, 0.29) is 5.91 Å². The van der Waals surface area contributed by atoms with Crippen molar-refractivity contribution in [1.29, 1.82) is 0 Å². The van der Waals surface area contributed by atoms with Gasteiger partial charge in [-0.1, -0.05) is 11.6 Å². The van der Waals surface area contributed by atoms with Crippen LogP contribution in [0.5, 0.6) is 5.75 Å². The van der Waals surface area contributed by atoms with Gasteiger partial charge in [-0.2, -0.15) is 0 Å². The number of likely N-dealkylation sites (N-methyl/N-ethyl adjacent to an activating group) is 1. The normalized spacial score (nSPS) is 10.0. The number of nitrogens with two attached hydrogens (primary N) is 1. The molecule has 0 spiro atoms. The molecule has 0 aromatic heterocycles. The molecule has 0 aliphatic carbocycles. The Bertz CT molecular complexity index is 382. The van der Waals surface area contributed by atoms with Gasteiger partial charge < -0.3 is 15.4 Å². The molecular formula is C11H15ClN2O2. The summed E-state index contributed by atoms with van der Waals surface area (Å²) >= 11 is 5.82. The molecule has 0 aliphatic heterocycles. The summed E-state index contributed by atoms with van der Waals surface area (Å²) in [5.74, 6) is 0.348. The van der Waals surface area contributed by atoms with E-state index in [0.29, 0.717) is 29.4 Å². The predicted molar refractivity (Wildman–Crippen MR) is 64.0 cm³/mol. The minimum atomic E-state index is -0.126. The maximum Gasteiger partial charge on any atom is 0.257 e. The smallest absolute Gasteiger partial charge is 0.257 e. The molecule has 0 bridgehead atoms. The fourth-order valence-electron chi connectivity index (χ4n) is 1.34. The van der Waals surface area contributed by atoms with Crippen LogP contribution in [0.3, 0.4) is 0 Å². The Hall–Kier alpha value is -1.26. The molecular weight excluding hydrogens is 228 g/mol. The van der Waals surface area contributed by atoms with Gasteiger partial charge in [-0.05, 0) is 18.2 Å². The predicted octanol–water partition coefficient (Wildman–Crippen LogP) is 1.38. The summed E-state index contributed by atoms with van der Waals surface area (Å²) in [6.45, 7) is 0.933. The zero-order valence-corrected chi connectivity index (χ0v) is 10.1. The highest BCUT2D eigenvalue weighted by molar-refractivity contribution is 6.30. The number of nitrogens with zero attached hydrogens (tertiary/aromatic N) is 1. The van der Waals surface area contributed by atoms with Crippen LogP contribution in [0, 0.1) is 0 Å². The number of ether oxygens (including phenoxy) is 1. The highest BCUT2D eigenvalue weighted by atomic mass is 35.5. The first-order chi connectivity index (χ1) is 7.60. The highest BCUT2D eigenvalue weighted by Crippen LogP contribution is 2.23. The quantitative estimate of drug-likeness (QED) is 0.868. The van der Waals surface area contributed by atoms with Crippen LogP contribution in [-0.4, -0.2) is 38.1 Å². The number of rotatable bonds is 4. The summed E-state index contributed by atoms with van der Waals surface area (Å²) in [6.07, 6.45) is 0. The third-order valence-corrected chi connectivity index (χ3v) is 2.44. The molecule has 0 unspecified atom stereocenters. The molecule has 1 aromatic carbocycles. The van der Waals surface area contributed by atoms with Crippen molar-refractivity contribution in [3.05, 3.63) is 28.8 Å². The first-order valence-corrected chi connectivity index (χ1v) is 5.27. The average Bonchev–Trinajstić information content (AvgIpc) is 2.28. The summed E-state index contributed by atoms with van der Waals surface area (Å²) in [6, 6.07) is 4.93. The van der Waals surface area contributed by atoms with Crippen molar-refractivity contribution in [2.75, 3.05) is 27.2 Å². The number of methoxy groups -OCH3 is 1. The first kappa shape index (κ1) is 12.8. The molecule has 1 amide bonds. The number of benzene rings is 1. The minimum absolute atomic E-state index is 0.126. The van der Waals surface area contributed by atoms with E-state index in [1.807, 2.05) is 0 Å². The van der Waals surface area contributed by atoms with Crippen LogP contribution in [0.1, 0.15) is 10.4 Å². The van der Waals surface area contributed by atoms with Crippen molar-refractivity contribution in [3.8, 4) is 5.75 Å². The maximum absolute atomic E-state index is 12.0. The van der Waals surface area contributed by atoms with Crippen LogP contribution in [-0.2, 0) is 0 Å². The van der Waals surface area contributed by atoms with Gasteiger partial charge in [-0.25, -0.2) is 0 Å². The number of carbonyl (C=O) groups excluding carboxylic acids is 1. The number of hydrogen-bond acceptors (Lipinski definition) is 3. The molecule has 5 heteroatoms. The molecule has 2 N–H and O–H groups in total. The average molecular weight is 243 g/mol. The summed E-state index contributed by atoms with van der Waals surface area (Å²) in [7, 11) is 3.20. The minimum Gasteiger partial charge on any atom is -0.496 e. The number of amides is 1. The first-order valence-electron chi connectivity index (χ1n) is 4.89. The Morgan fingerprint density at radius 2 is 2.25 bits per heavy atom. The van der Waals surface area contributed by atoms with Crippen LogP contribution in [0.2, 0.25) is 5.02 Å². The zero-order chi connectivity index (χ0) is 12.1. The lowest BCUT2D eigenvalue weighted by Crippen LogP contribution is -2.31. The van der Waals surface area contributed by atoms with E-state index in [2.05, 4.69) is 0 Å². The van der Waals surface area contributed by atoms with Gasteiger partial charge in [0, 0.05) is 25.2 Å². The van der Waals surface area contributed by atoms with Crippen molar-refractivity contribution >= 4 is 17.5 Å². The standard InChI is InChI=1S/C11H15ClN2O2/c1-14(6-5-13)11(15)9-4-3-8(12)7-10(9)16-2/h3-4,7H,5-6,13H2,1-2H3. The van der Waals surface area contributed by atoms with Crippen molar-refractivity contribution < 1.29 is 9.53 Å². The molecule has 88 valence electrons. The van der Waals surface area contributed by atoms with Crippen molar-refractivity contribution in [2.24, 2.45) is 5.73 Å². The number of halogens is 1. The van der Waals surface area contributed by atoms with Gasteiger partial charge in [0.1, 0.15) is 5.75 Å². The van der Waals surface area contributed by atoms with E-state index in [0.717, 1.165) is 0 Å². The lowest BCUT2D eigenvalue weighted by atomic mass is 10.1. The van der Waals surface area contributed by atoms with Gasteiger partial charge in [0.2, 0.25) is 0 Å². The molecule has 0 radical (unpaired) electrons. The molecule has 0 saturated heterocycles. The van der Waals surface area contributed by atoms with Gasteiger partial charge in [0.05, 0.1) is 12.7 Å². The van der Waals surface area contributed by atoms with Crippen LogP contribution in [0.25, 0.3) is 0 Å². The van der Waals surface area contributed by atoms with Crippen molar-refractivity contribution in [1.82, 2.24) is 4.90 Å². The second-order valence-electron chi connectivity index (χ2n) is 3.36.